The molecule has 1 heterocycles. The van der Waals surface area contributed by atoms with Gasteiger partial charge in [0.15, 0.2) is 5.82 Å². The van der Waals surface area contributed by atoms with E-state index in [4.69, 9.17) is 0 Å². The Kier molecular flexibility index (Phi) is 3.80. The van der Waals surface area contributed by atoms with E-state index in [1.807, 2.05) is 37.3 Å². The second kappa shape index (κ2) is 5.91. The summed E-state index contributed by atoms with van der Waals surface area (Å²) in [6, 6.07) is 16.3. The number of aryl methyl sites for hydroxylation is 1. The molecule has 1 aromatic heterocycles. The van der Waals surface area contributed by atoms with Gasteiger partial charge in [-0.25, -0.2) is 4.98 Å². The summed E-state index contributed by atoms with van der Waals surface area (Å²) >= 11 is 0. The van der Waals surface area contributed by atoms with Crippen LogP contribution in [0.3, 0.4) is 0 Å². The molecule has 0 amide bonds. The van der Waals surface area contributed by atoms with Crippen LogP contribution >= 0.6 is 0 Å². The molecule has 0 N–H and O–H groups in total. The van der Waals surface area contributed by atoms with Crippen LogP contribution < -0.4 is 0 Å². The third-order valence-corrected chi connectivity index (χ3v) is 3.45. The Morgan fingerprint density at radius 3 is 2.55 bits per heavy atom. The van der Waals surface area contributed by atoms with Crippen molar-refractivity contribution in [3.05, 3.63) is 77.6 Å². The van der Waals surface area contributed by atoms with Crippen LogP contribution in [-0.4, -0.2) is 9.55 Å². The standard InChI is InChI=1S/C20H18N2/c1-15(2)14-22-19-7-5-4-6-18(19)21-20(22)13-12-17-10-8-16(3)9-11-17/h4-11H,1,14H2,2-3H3. The maximum atomic E-state index is 4.65. The highest BCUT2D eigenvalue weighted by atomic mass is 15.1. The van der Waals surface area contributed by atoms with Gasteiger partial charge in [-0.1, -0.05) is 47.9 Å². The van der Waals surface area contributed by atoms with E-state index < -0.39 is 0 Å². The molecule has 108 valence electrons. The lowest BCUT2D eigenvalue weighted by Crippen LogP contribution is -2.01. The third kappa shape index (κ3) is 2.94. The van der Waals surface area contributed by atoms with Crippen molar-refractivity contribution in [2.75, 3.05) is 0 Å². The minimum Gasteiger partial charge on any atom is -0.313 e. The summed E-state index contributed by atoms with van der Waals surface area (Å²) in [5.41, 5.74) is 5.39. The first-order chi connectivity index (χ1) is 10.6. The molecule has 0 atom stereocenters. The molecule has 2 heteroatoms. The Labute approximate surface area is 131 Å². The maximum absolute atomic E-state index is 4.65. The zero-order valence-electron chi connectivity index (χ0n) is 12.9. The molecule has 0 saturated carbocycles. The van der Waals surface area contributed by atoms with Crippen molar-refractivity contribution in [3.8, 4) is 11.8 Å². The normalized spacial score (nSPS) is 10.3. The number of rotatable bonds is 2. The van der Waals surface area contributed by atoms with Gasteiger partial charge in [-0.15, -0.1) is 0 Å². The first-order valence-corrected chi connectivity index (χ1v) is 7.32. The number of nitrogens with zero attached hydrogens (tertiary/aromatic N) is 2. The molecule has 0 aliphatic heterocycles. The summed E-state index contributed by atoms with van der Waals surface area (Å²) in [6.45, 7) is 8.84. The highest BCUT2D eigenvalue weighted by Crippen LogP contribution is 2.17. The minimum atomic E-state index is 0.735. The molecule has 0 saturated heterocycles. The fourth-order valence-corrected chi connectivity index (χ4v) is 2.37. The number of aromatic nitrogens is 2. The summed E-state index contributed by atoms with van der Waals surface area (Å²) < 4.78 is 2.12. The molecular weight excluding hydrogens is 268 g/mol. The fraction of sp³-hybridized carbons (Fsp3) is 0.150. The van der Waals surface area contributed by atoms with E-state index >= 15 is 0 Å². The summed E-state index contributed by atoms with van der Waals surface area (Å²) in [4.78, 5) is 4.65. The zero-order chi connectivity index (χ0) is 15.5. The molecule has 0 aliphatic rings. The van der Waals surface area contributed by atoms with Crippen LogP contribution in [0, 0.1) is 18.8 Å². The lowest BCUT2D eigenvalue weighted by atomic mass is 10.1. The van der Waals surface area contributed by atoms with Gasteiger partial charge in [-0.3, -0.25) is 0 Å². The molecule has 0 bridgehead atoms. The topological polar surface area (TPSA) is 17.8 Å². The third-order valence-electron chi connectivity index (χ3n) is 3.45. The van der Waals surface area contributed by atoms with E-state index in [0.29, 0.717) is 0 Å². The van der Waals surface area contributed by atoms with E-state index in [0.717, 1.165) is 34.5 Å². The largest absolute Gasteiger partial charge is 0.313 e. The first kappa shape index (κ1) is 14.2. The first-order valence-electron chi connectivity index (χ1n) is 7.32. The van der Waals surface area contributed by atoms with Crippen molar-refractivity contribution in [1.82, 2.24) is 9.55 Å². The highest BCUT2D eigenvalue weighted by Gasteiger charge is 2.08. The van der Waals surface area contributed by atoms with E-state index in [1.165, 1.54) is 5.56 Å². The lowest BCUT2D eigenvalue weighted by molar-refractivity contribution is 0.798. The smallest absolute Gasteiger partial charge is 0.187 e. The monoisotopic (exact) mass is 286 g/mol. The predicted molar refractivity (Wildman–Crippen MR) is 91.7 cm³/mol. The van der Waals surface area contributed by atoms with Gasteiger partial charge in [-0.2, -0.15) is 0 Å². The van der Waals surface area contributed by atoms with Crippen molar-refractivity contribution in [2.45, 2.75) is 20.4 Å². The van der Waals surface area contributed by atoms with Crippen molar-refractivity contribution < 1.29 is 0 Å². The maximum Gasteiger partial charge on any atom is 0.187 e. The molecule has 22 heavy (non-hydrogen) atoms. The Bertz CT molecular complexity index is 887. The Morgan fingerprint density at radius 1 is 1.09 bits per heavy atom. The van der Waals surface area contributed by atoms with Crippen molar-refractivity contribution in [3.63, 3.8) is 0 Å². The van der Waals surface area contributed by atoms with Crippen molar-refractivity contribution >= 4 is 11.0 Å². The number of hydrogen-bond acceptors (Lipinski definition) is 1. The molecule has 2 nitrogen and oxygen atoms in total. The van der Waals surface area contributed by atoms with Crippen LogP contribution in [0.4, 0.5) is 0 Å². The molecule has 0 unspecified atom stereocenters. The summed E-state index contributed by atoms with van der Waals surface area (Å²) in [7, 11) is 0. The molecule has 0 spiro atoms. The van der Waals surface area contributed by atoms with Crippen LogP contribution in [0.5, 0.6) is 0 Å². The number of fused-ring (bicyclic) bond motifs is 1. The molecule has 0 radical (unpaired) electrons. The molecule has 0 fully saturated rings. The average Bonchev–Trinajstić information content (AvgIpc) is 2.84. The SMILES string of the molecule is C=C(C)Cn1c(C#Cc2ccc(C)cc2)nc2ccccc21. The number of imidazole rings is 1. The summed E-state index contributed by atoms with van der Waals surface area (Å²) in [5, 5.41) is 0. The summed E-state index contributed by atoms with van der Waals surface area (Å²) in [5.74, 6) is 7.19. The van der Waals surface area contributed by atoms with E-state index in [2.05, 4.69) is 53.1 Å². The van der Waals surface area contributed by atoms with Gasteiger partial charge in [0.2, 0.25) is 0 Å². The van der Waals surface area contributed by atoms with Crippen LogP contribution in [0.2, 0.25) is 0 Å². The molecular formula is C20H18N2. The average molecular weight is 286 g/mol. The van der Waals surface area contributed by atoms with Gasteiger partial charge in [0.25, 0.3) is 0 Å². The molecule has 3 aromatic rings. The minimum absolute atomic E-state index is 0.735. The van der Waals surface area contributed by atoms with E-state index in [1.54, 1.807) is 0 Å². The van der Waals surface area contributed by atoms with Gasteiger partial charge in [0.1, 0.15) is 0 Å². The highest BCUT2D eigenvalue weighted by molar-refractivity contribution is 5.77. The van der Waals surface area contributed by atoms with Crippen LogP contribution in [0.15, 0.2) is 60.7 Å². The number of benzene rings is 2. The Hall–Kier alpha value is -2.79. The molecule has 3 rings (SSSR count). The summed E-state index contributed by atoms with van der Waals surface area (Å²) in [6.07, 6.45) is 0. The zero-order valence-corrected chi connectivity index (χ0v) is 12.9. The van der Waals surface area contributed by atoms with Crippen LogP contribution in [0.1, 0.15) is 23.9 Å². The van der Waals surface area contributed by atoms with Gasteiger partial charge in [0.05, 0.1) is 11.0 Å². The van der Waals surface area contributed by atoms with E-state index in [9.17, 15) is 0 Å². The lowest BCUT2D eigenvalue weighted by Gasteiger charge is -2.05. The number of para-hydroxylation sites is 2. The fourth-order valence-electron chi connectivity index (χ4n) is 2.37. The second-order valence-electron chi connectivity index (χ2n) is 5.58. The quantitative estimate of drug-likeness (QED) is 0.507. The number of hydrogen-bond donors (Lipinski definition) is 0. The molecule has 2 aromatic carbocycles. The van der Waals surface area contributed by atoms with Crippen LogP contribution in [0.25, 0.3) is 11.0 Å². The Morgan fingerprint density at radius 2 is 1.82 bits per heavy atom. The van der Waals surface area contributed by atoms with Crippen molar-refractivity contribution in [2.24, 2.45) is 0 Å². The van der Waals surface area contributed by atoms with Gasteiger partial charge in [-0.05, 0) is 44.0 Å². The number of allylic oxidation sites excluding steroid dienone is 1. The Balaban J connectivity index is 2.06. The predicted octanol–water partition coefficient (Wildman–Crippen LogP) is 4.32. The van der Waals surface area contributed by atoms with Gasteiger partial charge < -0.3 is 4.57 Å². The second-order valence-corrected chi connectivity index (χ2v) is 5.58. The van der Waals surface area contributed by atoms with Gasteiger partial charge in [0, 0.05) is 12.1 Å². The van der Waals surface area contributed by atoms with Crippen LogP contribution in [-0.2, 0) is 6.54 Å². The van der Waals surface area contributed by atoms with Crippen molar-refractivity contribution in [1.29, 1.82) is 0 Å². The molecule has 0 aliphatic carbocycles. The van der Waals surface area contributed by atoms with E-state index in [-0.39, 0.29) is 0 Å². The van der Waals surface area contributed by atoms with Gasteiger partial charge >= 0.3 is 0 Å².